The van der Waals surface area contributed by atoms with Crippen molar-refractivity contribution in [1.82, 2.24) is 5.16 Å². The highest BCUT2D eigenvalue weighted by molar-refractivity contribution is 14.1. The number of nitrogen functional groups attached to an aromatic ring is 1. The van der Waals surface area contributed by atoms with Gasteiger partial charge in [0.2, 0.25) is 0 Å². The topological polar surface area (TPSA) is 52.0 Å². The molecule has 0 aliphatic heterocycles. The number of halogens is 2. The standard InChI is InChI=1S/C12H12ClIN2O/c1-2-3-8-11(17-16-12(8)15)9-6-7(13)4-5-10(9)14/h4-6H,2-3H2,1H3,(H2,15,16). The second-order valence-electron chi connectivity index (χ2n) is 3.75. The lowest BCUT2D eigenvalue weighted by atomic mass is 10.1. The van der Waals surface area contributed by atoms with Crippen molar-refractivity contribution in [3.63, 3.8) is 0 Å². The highest BCUT2D eigenvalue weighted by Gasteiger charge is 2.17. The molecule has 2 N–H and O–H groups in total. The first kappa shape index (κ1) is 12.7. The first-order valence-electron chi connectivity index (χ1n) is 5.33. The van der Waals surface area contributed by atoms with E-state index in [2.05, 4.69) is 34.7 Å². The number of hydrogen-bond donors (Lipinski definition) is 1. The number of aromatic nitrogens is 1. The largest absolute Gasteiger partial charge is 0.381 e. The molecule has 3 nitrogen and oxygen atoms in total. The molecule has 0 spiro atoms. The number of nitrogens with zero attached hydrogens (tertiary/aromatic N) is 1. The Morgan fingerprint density at radius 3 is 2.94 bits per heavy atom. The van der Waals surface area contributed by atoms with Gasteiger partial charge in [0.25, 0.3) is 0 Å². The van der Waals surface area contributed by atoms with Gasteiger partial charge in [0.05, 0.1) is 0 Å². The minimum absolute atomic E-state index is 0.470. The van der Waals surface area contributed by atoms with E-state index in [1.165, 1.54) is 0 Å². The molecular formula is C12H12ClIN2O. The van der Waals surface area contributed by atoms with E-state index in [0.29, 0.717) is 10.8 Å². The molecule has 0 radical (unpaired) electrons. The Hall–Kier alpha value is -0.750. The highest BCUT2D eigenvalue weighted by Crippen LogP contribution is 2.33. The van der Waals surface area contributed by atoms with Gasteiger partial charge in [-0.05, 0) is 47.2 Å². The minimum atomic E-state index is 0.470. The van der Waals surface area contributed by atoms with Gasteiger partial charge in [0.1, 0.15) is 0 Å². The van der Waals surface area contributed by atoms with Crippen molar-refractivity contribution in [3.05, 3.63) is 32.4 Å². The van der Waals surface area contributed by atoms with Gasteiger partial charge >= 0.3 is 0 Å². The summed E-state index contributed by atoms with van der Waals surface area (Å²) in [6.45, 7) is 2.10. The summed E-state index contributed by atoms with van der Waals surface area (Å²) in [5, 5.41) is 4.52. The summed E-state index contributed by atoms with van der Waals surface area (Å²) in [7, 11) is 0. The Morgan fingerprint density at radius 2 is 2.24 bits per heavy atom. The van der Waals surface area contributed by atoms with E-state index < -0.39 is 0 Å². The van der Waals surface area contributed by atoms with Crippen molar-refractivity contribution in [3.8, 4) is 11.3 Å². The van der Waals surface area contributed by atoms with Gasteiger partial charge < -0.3 is 10.3 Å². The molecule has 17 heavy (non-hydrogen) atoms. The molecule has 0 unspecified atom stereocenters. The maximum atomic E-state index is 6.01. The lowest BCUT2D eigenvalue weighted by Crippen LogP contribution is -1.93. The maximum Gasteiger partial charge on any atom is 0.173 e. The van der Waals surface area contributed by atoms with E-state index in [1.807, 2.05) is 18.2 Å². The van der Waals surface area contributed by atoms with Crippen LogP contribution in [-0.2, 0) is 6.42 Å². The van der Waals surface area contributed by atoms with Gasteiger partial charge in [0, 0.05) is 19.7 Å². The van der Waals surface area contributed by atoms with Gasteiger partial charge in [-0.1, -0.05) is 30.1 Å². The van der Waals surface area contributed by atoms with Crippen molar-refractivity contribution >= 4 is 40.0 Å². The molecule has 0 atom stereocenters. The summed E-state index contributed by atoms with van der Waals surface area (Å²) in [5.74, 6) is 1.20. The average molecular weight is 363 g/mol. The lowest BCUT2D eigenvalue weighted by molar-refractivity contribution is 0.434. The zero-order chi connectivity index (χ0) is 12.4. The Morgan fingerprint density at radius 1 is 1.47 bits per heavy atom. The van der Waals surface area contributed by atoms with Crippen molar-refractivity contribution < 1.29 is 4.52 Å². The van der Waals surface area contributed by atoms with Gasteiger partial charge in [-0.3, -0.25) is 0 Å². The van der Waals surface area contributed by atoms with Crippen LogP contribution < -0.4 is 5.73 Å². The van der Waals surface area contributed by atoms with Crippen LogP contribution in [0.2, 0.25) is 5.02 Å². The quantitative estimate of drug-likeness (QED) is 0.835. The smallest absolute Gasteiger partial charge is 0.173 e. The predicted octanol–water partition coefficient (Wildman–Crippen LogP) is 4.13. The molecule has 2 aromatic rings. The Bertz CT molecular complexity index is 539. The summed E-state index contributed by atoms with van der Waals surface area (Å²) in [4.78, 5) is 0. The normalized spacial score (nSPS) is 10.8. The van der Waals surface area contributed by atoms with Crippen LogP contribution in [0.15, 0.2) is 22.7 Å². The summed E-state index contributed by atoms with van der Waals surface area (Å²) in [5.41, 5.74) is 7.73. The van der Waals surface area contributed by atoms with Crippen molar-refractivity contribution in [2.24, 2.45) is 0 Å². The Labute approximate surface area is 118 Å². The molecule has 0 amide bonds. The fourth-order valence-corrected chi connectivity index (χ4v) is 2.45. The molecule has 1 aromatic heterocycles. The van der Waals surface area contributed by atoms with Crippen LogP contribution in [0, 0.1) is 3.57 Å². The molecule has 90 valence electrons. The van der Waals surface area contributed by atoms with E-state index >= 15 is 0 Å². The first-order valence-corrected chi connectivity index (χ1v) is 6.78. The van der Waals surface area contributed by atoms with Crippen molar-refractivity contribution in [2.75, 3.05) is 5.73 Å². The molecule has 0 aliphatic carbocycles. The van der Waals surface area contributed by atoms with E-state index in [9.17, 15) is 0 Å². The van der Waals surface area contributed by atoms with Gasteiger partial charge in [-0.2, -0.15) is 0 Å². The third-order valence-corrected chi connectivity index (χ3v) is 3.67. The fraction of sp³-hybridized carbons (Fsp3) is 0.250. The summed E-state index contributed by atoms with van der Waals surface area (Å²) in [6, 6.07) is 5.68. The van der Waals surface area contributed by atoms with Crippen LogP contribution in [0.3, 0.4) is 0 Å². The zero-order valence-electron chi connectivity index (χ0n) is 9.34. The number of benzene rings is 1. The van der Waals surface area contributed by atoms with E-state index in [-0.39, 0.29) is 0 Å². The van der Waals surface area contributed by atoms with Crippen LogP contribution >= 0.6 is 34.2 Å². The van der Waals surface area contributed by atoms with Crippen LogP contribution in [0.25, 0.3) is 11.3 Å². The average Bonchev–Trinajstić information content (AvgIpc) is 2.65. The second kappa shape index (κ2) is 5.27. The third kappa shape index (κ3) is 2.57. The first-order chi connectivity index (χ1) is 8.13. The van der Waals surface area contributed by atoms with Crippen LogP contribution in [0.4, 0.5) is 5.82 Å². The van der Waals surface area contributed by atoms with Gasteiger partial charge in [-0.15, -0.1) is 0 Å². The molecule has 0 bridgehead atoms. The molecule has 2 rings (SSSR count). The van der Waals surface area contributed by atoms with Crippen LogP contribution in [-0.4, -0.2) is 5.16 Å². The molecular weight excluding hydrogens is 351 g/mol. The number of anilines is 1. The summed E-state index contributed by atoms with van der Waals surface area (Å²) >= 11 is 8.25. The molecule has 1 heterocycles. The zero-order valence-corrected chi connectivity index (χ0v) is 12.2. The SMILES string of the molecule is CCCc1c(N)noc1-c1cc(Cl)ccc1I. The molecule has 0 saturated carbocycles. The highest BCUT2D eigenvalue weighted by atomic mass is 127. The van der Waals surface area contributed by atoms with E-state index in [0.717, 1.165) is 33.3 Å². The number of hydrogen-bond acceptors (Lipinski definition) is 3. The fourth-order valence-electron chi connectivity index (χ4n) is 1.70. The van der Waals surface area contributed by atoms with E-state index in [1.54, 1.807) is 0 Å². The van der Waals surface area contributed by atoms with E-state index in [4.69, 9.17) is 21.9 Å². The summed E-state index contributed by atoms with van der Waals surface area (Å²) in [6.07, 6.45) is 1.85. The molecule has 0 fully saturated rings. The molecule has 5 heteroatoms. The third-order valence-electron chi connectivity index (χ3n) is 2.49. The number of rotatable bonds is 3. The molecule has 0 saturated heterocycles. The van der Waals surface area contributed by atoms with Gasteiger partial charge in [-0.25, -0.2) is 0 Å². The van der Waals surface area contributed by atoms with Crippen molar-refractivity contribution in [1.29, 1.82) is 0 Å². The Balaban J connectivity index is 2.56. The van der Waals surface area contributed by atoms with Crippen LogP contribution in [0.5, 0.6) is 0 Å². The molecule has 0 aliphatic rings. The monoisotopic (exact) mass is 362 g/mol. The maximum absolute atomic E-state index is 6.01. The molecule has 1 aromatic carbocycles. The lowest BCUT2D eigenvalue weighted by Gasteiger charge is -2.04. The predicted molar refractivity (Wildman–Crippen MR) is 78.1 cm³/mol. The van der Waals surface area contributed by atoms with Crippen LogP contribution in [0.1, 0.15) is 18.9 Å². The Kier molecular flexibility index (Phi) is 3.93. The second-order valence-corrected chi connectivity index (χ2v) is 5.35. The van der Waals surface area contributed by atoms with Crippen molar-refractivity contribution in [2.45, 2.75) is 19.8 Å². The summed E-state index contributed by atoms with van der Waals surface area (Å²) < 4.78 is 6.40. The number of nitrogens with two attached hydrogens (primary N) is 1. The minimum Gasteiger partial charge on any atom is -0.381 e. The van der Waals surface area contributed by atoms with Gasteiger partial charge in [0.15, 0.2) is 11.6 Å².